The number of carbonyl (C=O) groups is 1. The van der Waals surface area contributed by atoms with Crippen molar-refractivity contribution < 1.29 is 9.21 Å². The van der Waals surface area contributed by atoms with Gasteiger partial charge in [0.25, 0.3) is 0 Å². The molecule has 0 radical (unpaired) electrons. The number of rotatable bonds is 3. The topological polar surface area (TPSA) is 30.2 Å². The zero-order chi connectivity index (χ0) is 8.10. The fourth-order valence-corrected chi connectivity index (χ4v) is 0.849. The van der Waals surface area contributed by atoms with Gasteiger partial charge in [-0.1, -0.05) is 12.2 Å². The van der Waals surface area contributed by atoms with Gasteiger partial charge < -0.3 is 4.42 Å². The second-order valence-corrected chi connectivity index (χ2v) is 2.31. The Morgan fingerprint density at radius 3 is 3.09 bits per heavy atom. The van der Waals surface area contributed by atoms with E-state index in [1.807, 2.05) is 6.08 Å². The largest absolute Gasteiger partial charge is 0.461 e. The van der Waals surface area contributed by atoms with Gasteiger partial charge in [-0.05, 0) is 6.07 Å². The Hall–Kier alpha value is -0.960. The van der Waals surface area contributed by atoms with E-state index < -0.39 is 0 Å². The molecule has 0 aliphatic heterocycles. The summed E-state index contributed by atoms with van der Waals surface area (Å²) in [6, 6.07) is 1.74. The van der Waals surface area contributed by atoms with E-state index >= 15 is 0 Å². The lowest BCUT2D eigenvalue weighted by molar-refractivity contribution is 0.110. The first kappa shape index (κ1) is 8.14. The average Bonchev–Trinajstić information content (AvgIpc) is 2.47. The molecular weight excluding hydrogens is 160 g/mol. The van der Waals surface area contributed by atoms with E-state index in [0.717, 1.165) is 5.56 Å². The van der Waals surface area contributed by atoms with Crippen molar-refractivity contribution in [1.82, 2.24) is 0 Å². The van der Waals surface area contributed by atoms with Crippen LogP contribution in [0.25, 0.3) is 6.08 Å². The molecule has 0 saturated carbocycles. The summed E-state index contributed by atoms with van der Waals surface area (Å²) >= 11 is 3.99. The van der Waals surface area contributed by atoms with Gasteiger partial charge in [0.05, 0.1) is 6.26 Å². The summed E-state index contributed by atoms with van der Waals surface area (Å²) in [5.74, 6) is 1.02. The standard InChI is InChI=1S/C8H8O2S/c9-6-8-7(2-1-5-11)3-4-10-8/h1-4,6,11H,5H2. The average molecular weight is 168 g/mol. The lowest BCUT2D eigenvalue weighted by Gasteiger charge is -1.84. The van der Waals surface area contributed by atoms with Crippen LogP contribution in [0, 0.1) is 0 Å². The number of hydrogen-bond donors (Lipinski definition) is 1. The zero-order valence-corrected chi connectivity index (χ0v) is 6.75. The summed E-state index contributed by atoms with van der Waals surface area (Å²) in [6.07, 6.45) is 5.83. The number of furan rings is 1. The fraction of sp³-hybridized carbons (Fsp3) is 0.125. The number of carbonyl (C=O) groups excluding carboxylic acids is 1. The summed E-state index contributed by atoms with van der Waals surface area (Å²) in [5, 5.41) is 0. The molecule has 0 saturated heterocycles. The van der Waals surface area contributed by atoms with Gasteiger partial charge in [0.15, 0.2) is 12.0 Å². The highest BCUT2D eigenvalue weighted by molar-refractivity contribution is 7.80. The Kier molecular flexibility index (Phi) is 2.98. The molecule has 0 N–H and O–H groups in total. The fourth-order valence-electron chi connectivity index (χ4n) is 0.744. The molecule has 1 heterocycles. The quantitative estimate of drug-likeness (QED) is 0.553. The molecule has 0 amide bonds. The number of thiol groups is 1. The Bertz CT molecular complexity index is 263. The summed E-state index contributed by atoms with van der Waals surface area (Å²) in [4.78, 5) is 10.3. The van der Waals surface area contributed by atoms with Crippen molar-refractivity contribution in [3.8, 4) is 0 Å². The van der Waals surface area contributed by atoms with Gasteiger partial charge in [0.1, 0.15) is 0 Å². The maximum atomic E-state index is 10.3. The van der Waals surface area contributed by atoms with Gasteiger partial charge in [0, 0.05) is 11.3 Å². The molecule has 0 unspecified atom stereocenters. The summed E-state index contributed by atoms with van der Waals surface area (Å²) in [5.41, 5.74) is 0.800. The van der Waals surface area contributed by atoms with Crippen LogP contribution < -0.4 is 0 Å². The third-order valence-electron chi connectivity index (χ3n) is 1.24. The predicted octanol–water partition coefficient (Wildman–Crippen LogP) is 2.04. The van der Waals surface area contributed by atoms with Crippen LogP contribution in [0.1, 0.15) is 16.1 Å². The highest BCUT2D eigenvalue weighted by Gasteiger charge is 1.98. The minimum atomic E-state index is 0.364. The van der Waals surface area contributed by atoms with E-state index in [1.165, 1.54) is 6.26 Å². The smallest absolute Gasteiger partial charge is 0.185 e. The third-order valence-corrected chi connectivity index (χ3v) is 1.45. The first-order valence-electron chi connectivity index (χ1n) is 3.18. The molecule has 11 heavy (non-hydrogen) atoms. The molecule has 0 aliphatic rings. The Labute approximate surface area is 70.3 Å². The molecule has 1 aromatic heterocycles. The van der Waals surface area contributed by atoms with Gasteiger partial charge in [0.2, 0.25) is 0 Å². The van der Waals surface area contributed by atoms with Crippen molar-refractivity contribution in [3.05, 3.63) is 29.7 Å². The first-order valence-corrected chi connectivity index (χ1v) is 3.82. The minimum absolute atomic E-state index is 0.364. The maximum Gasteiger partial charge on any atom is 0.185 e. The van der Waals surface area contributed by atoms with Gasteiger partial charge in [-0.25, -0.2) is 0 Å². The third kappa shape index (κ3) is 1.98. The van der Waals surface area contributed by atoms with Crippen molar-refractivity contribution in [3.63, 3.8) is 0 Å². The molecule has 0 aromatic carbocycles. The Morgan fingerprint density at radius 2 is 2.45 bits per heavy atom. The van der Waals surface area contributed by atoms with Crippen molar-refractivity contribution >= 4 is 25.0 Å². The highest BCUT2D eigenvalue weighted by Crippen LogP contribution is 2.09. The van der Waals surface area contributed by atoms with Gasteiger partial charge in [-0.15, -0.1) is 0 Å². The maximum absolute atomic E-state index is 10.3. The van der Waals surface area contributed by atoms with Crippen LogP contribution in [0.5, 0.6) is 0 Å². The van der Waals surface area contributed by atoms with Gasteiger partial charge in [-0.2, -0.15) is 12.6 Å². The lowest BCUT2D eigenvalue weighted by atomic mass is 10.2. The molecule has 2 nitrogen and oxygen atoms in total. The van der Waals surface area contributed by atoms with Crippen molar-refractivity contribution in [1.29, 1.82) is 0 Å². The van der Waals surface area contributed by atoms with Crippen LogP contribution in [0.15, 0.2) is 22.8 Å². The molecule has 1 rings (SSSR count). The highest BCUT2D eigenvalue weighted by atomic mass is 32.1. The van der Waals surface area contributed by atoms with E-state index in [2.05, 4.69) is 12.6 Å². The van der Waals surface area contributed by atoms with Crippen molar-refractivity contribution in [2.45, 2.75) is 0 Å². The molecule has 0 aliphatic carbocycles. The van der Waals surface area contributed by atoms with Gasteiger partial charge >= 0.3 is 0 Å². The number of hydrogen-bond acceptors (Lipinski definition) is 3. The zero-order valence-electron chi connectivity index (χ0n) is 5.86. The van der Waals surface area contributed by atoms with E-state index in [4.69, 9.17) is 4.42 Å². The van der Waals surface area contributed by atoms with Crippen molar-refractivity contribution in [2.75, 3.05) is 5.75 Å². The second-order valence-electron chi connectivity index (χ2n) is 1.94. The van der Waals surface area contributed by atoms with Crippen LogP contribution >= 0.6 is 12.6 Å². The van der Waals surface area contributed by atoms with Crippen LogP contribution in [-0.2, 0) is 0 Å². The van der Waals surface area contributed by atoms with Crippen LogP contribution in [-0.4, -0.2) is 12.0 Å². The van der Waals surface area contributed by atoms with E-state index in [1.54, 1.807) is 12.1 Å². The second kappa shape index (κ2) is 4.03. The molecule has 0 atom stereocenters. The summed E-state index contributed by atoms with van der Waals surface area (Å²) < 4.78 is 4.87. The molecule has 0 bridgehead atoms. The first-order chi connectivity index (χ1) is 5.38. The normalized spacial score (nSPS) is 10.6. The van der Waals surface area contributed by atoms with Crippen LogP contribution in [0.3, 0.4) is 0 Å². The molecular formula is C8H8O2S. The van der Waals surface area contributed by atoms with Crippen LogP contribution in [0.4, 0.5) is 0 Å². The molecule has 58 valence electrons. The van der Waals surface area contributed by atoms with E-state index in [-0.39, 0.29) is 0 Å². The SMILES string of the molecule is O=Cc1occc1C=CCS. The van der Waals surface area contributed by atoms with E-state index in [0.29, 0.717) is 17.8 Å². The Morgan fingerprint density at radius 1 is 1.64 bits per heavy atom. The van der Waals surface area contributed by atoms with Crippen LogP contribution in [0.2, 0.25) is 0 Å². The minimum Gasteiger partial charge on any atom is -0.461 e. The monoisotopic (exact) mass is 168 g/mol. The van der Waals surface area contributed by atoms with Gasteiger partial charge in [-0.3, -0.25) is 4.79 Å². The summed E-state index contributed by atoms with van der Waals surface area (Å²) in [7, 11) is 0. The lowest BCUT2D eigenvalue weighted by Crippen LogP contribution is -1.76. The molecule has 1 aromatic rings. The summed E-state index contributed by atoms with van der Waals surface area (Å²) in [6.45, 7) is 0. The van der Waals surface area contributed by atoms with Crippen molar-refractivity contribution in [2.24, 2.45) is 0 Å². The predicted molar refractivity (Wildman–Crippen MR) is 47.0 cm³/mol. The Balaban J connectivity index is 2.84. The van der Waals surface area contributed by atoms with E-state index in [9.17, 15) is 4.79 Å². The molecule has 0 spiro atoms. The molecule has 3 heteroatoms. The number of aldehydes is 1. The molecule has 0 fully saturated rings.